The van der Waals surface area contributed by atoms with Crippen molar-refractivity contribution in [2.45, 2.75) is 43.7 Å². The zero-order chi connectivity index (χ0) is 20.5. The monoisotopic (exact) mass is 407 g/mol. The molecule has 0 unspecified atom stereocenters. The highest BCUT2D eigenvalue weighted by Crippen LogP contribution is 2.36. The van der Waals surface area contributed by atoms with Gasteiger partial charge in [-0.2, -0.15) is 9.40 Å². The maximum absolute atomic E-state index is 14.3. The number of nitrogens with zero attached hydrogens (tertiary/aromatic N) is 3. The van der Waals surface area contributed by atoms with Crippen LogP contribution in [-0.4, -0.2) is 50.0 Å². The number of halogens is 1. The minimum Gasteiger partial charge on any atom is -0.465 e. The molecule has 3 rings (SSSR count). The van der Waals surface area contributed by atoms with Crippen LogP contribution < -0.4 is 5.46 Å². The number of aromatic nitrogens is 2. The van der Waals surface area contributed by atoms with E-state index >= 15 is 0 Å². The van der Waals surface area contributed by atoms with Gasteiger partial charge in [0.25, 0.3) is 0 Å². The predicted molar refractivity (Wildman–Crippen MR) is 104 cm³/mol. The van der Waals surface area contributed by atoms with Crippen LogP contribution in [0.1, 0.15) is 37.1 Å². The minimum absolute atomic E-state index is 0.0149. The van der Waals surface area contributed by atoms with Gasteiger partial charge in [-0.05, 0) is 38.3 Å². The summed E-state index contributed by atoms with van der Waals surface area (Å²) in [5.74, 6) is -1.15. The van der Waals surface area contributed by atoms with E-state index in [4.69, 9.17) is 4.74 Å². The average molecular weight is 407 g/mol. The Morgan fingerprint density at radius 2 is 2.21 bits per heavy atom. The van der Waals surface area contributed by atoms with Crippen molar-refractivity contribution in [3.8, 4) is 0 Å². The number of carbonyl (C=O) groups excluding carboxylic acids is 1. The zero-order valence-electron chi connectivity index (χ0n) is 16.2. The van der Waals surface area contributed by atoms with Gasteiger partial charge in [0.15, 0.2) is 0 Å². The Labute approximate surface area is 164 Å². The van der Waals surface area contributed by atoms with E-state index in [9.17, 15) is 17.6 Å². The lowest BCUT2D eigenvalue weighted by atomic mass is 9.93. The van der Waals surface area contributed by atoms with Crippen LogP contribution in [0, 0.1) is 5.82 Å². The smallest absolute Gasteiger partial charge is 0.327 e. The van der Waals surface area contributed by atoms with E-state index in [-0.39, 0.29) is 18.0 Å². The summed E-state index contributed by atoms with van der Waals surface area (Å²) < 4.78 is 48.1. The highest BCUT2D eigenvalue weighted by Gasteiger charge is 2.35. The fourth-order valence-electron chi connectivity index (χ4n) is 3.58. The highest BCUT2D eigenvalue weighted by molar-refractivity contribution is 7.89. The number of esters is 1. The normalized spacial score (nSPS) is 16.8. The van der Waals surface area contributed by atoms with Gasteiger partial charge in [0.1, 0.15) is 25.1 Å². The number of sulfonamides is 1. The van der Waals surface area contributed by atoms with Crippen LogP contribution in [0.25, 0.3) is 0 Å². The van der Waals surface area contributed by atoms with Crippen LogP contribution in [0.3, 0.4) is 0 Å². The number of rotatable bonds is 6. The Hall–Kier alpha value is -2.20. The zero-order valence-corrected chi connectivity index (χ0v) is 17.0. The molecule has 28 heavy (non-hydrogen) atoms. The number of fused-ring (bicyclic) bond motifs is 1. The molecular formula is C18H23BFN3O4S. The molecule has 150 valence electrons. The molecule has 1 atom stereocenters. The summed E-state index contributed by atoms with van der Waals surface area (Å²) in [6.07, 6.45) is 3.62. The second-order valence-corrected chi connectivity index (χ2v) is 8.84. The lowest BCUT2D eigenvalue weighted by Crippen LogP contribution is -2.34. The van der Waals surface area contributed by atoms with Crippen LogP contribution in [0.15, 0.2) is 29.3 Å². The summed E-state index contributed by atoms with van der Waals surface area (Å²) in [6.45, 7) is 2.00. The third-order valence-corrected chi connectivity index (χ3v) is 6.90. The van der Waals surface area contributed by atoms with E-state index in [2.05, 4.69) is 5.10 Å². The maximum Gasteiger partial charge on any atom is 0.327 e. The predicted octanol–water partition coefficient (Wildman–Crippen LogP) is 0.542. The molecule has 1 aliphatic rings. The molecule has 7 nitrogen and oxygen atoms in total. The summed E-state index contributed by atoms with van der Waals surface area (Å²) in [7, 11) is -0.863. The third-order valence-electron chi connectivity index (χ3n) is 5.00. The largest absolute Gasteiger partial charge is 0.465 e. The van der Waals surface area contributed by atoms with Gasteiger partial charge in [0.05, 0.1) is 18.8 Å². The summed E-state index contributed by atoms with van der Waals surface area (Å²) in [6, 6.07) is 3.62. The standard InChI is InChI=1S/C18H23BFN3O4S/c1-3-27-18(24)11-23-16-6-4-5-15(13(16)10-21-23)22(2)28(25,26)17-8-7-12(19)9-14(17)20/h7-10,15H,3-6,11,19H2,1-2H3/t15-/m1/s1. The molecule has 0 saturated heterocycles. The van der Waals surface area contributed by atoms with Crippen LogP contribution in [0.5, 0.6) is 0 Å². The molecule has 2 aromatic rings. The number of benzene rings is 1. The number of hydrogen-bond donors (Lipinski definition) is 0. The molecule has 0 amide bonds. The topological polar surface area (TPSA) is 81.5 Å². The van der Waals surface area contributed by atoms with Gasteiger partial charge in [-0.25, -0.2) is 12.8 Å². The van der Waals surface area contributed by atoms with Gasteiger partial charge in [0.2, 0.25) is 10.0 Å². The van der Waals surface area contributed by atoms with Gasteiger partial charge in [-0.15, -0.1) is 0 Å². The number of ether oxygens (including phenoxy) is 1. The van der Waals surface area contributed by atoms with Crippen molar-refractivity contribution >= 4 is 29.3 Å². The van der Waals surface area contributed by atoms with E-state index < -0.39 is 27.9 Å². The van der Waals surface area contributed by atoms with Gasteiger partial charge >= 0.3 is 5.97 Å². The Balaban J connectivity index is 1.91. The molecule has 1 aromatic heterocycles. The van der Waals surface area contributed by atoms with Crippen LogP contribution >= 0.6 is 0 Å². The SMILES string of the molecule is Bc1ccc(S(=O)(=O)N(C)[C@@H]2CCCc3c2cnn3CC(=O)OCC)c(F)c1. The lowest BCUT2D eigenvalue weighted by molar-refractivity contribution is -0.144. The van der Waals surface area contributed by atoms with Crippen LogP contribution in [0.2, 0.25) is 0 Å². The molecule has 1 aromatic carbocycles. The van der Waals surface area contributed by atoms with Gasteiger partial charge in [-0.1, -0.05) is 11.5 Å². The minimum atomic E-state index is -4.02. The Morgan fingerprint density at radius 1 is 1.46 bits per heavy atom. The van der Waals surface area contributed by atoms with Crippen molar-refractivity contribution in [2.24, 2.45) is 0 Å². The molecule has 1 heterocycles. The van der Waals surface area contributed by atoms with Crippen molar-refractivity contribution < 1.29 is 22.3 Å². The number of hydrogen-bond acceptors (Lipinski definition) is 5. The highest BCUT2D eigenvalue weighted by atomic mass is 32.2. The first-order valence-electron chi connectivity index (χ1n) is 9.20. The molecule has 10 heteroatoms. The van der Waals surface area contributed by atoms with Crippen molar-refractivity contribution in [3.05, 3.63) is 41.5 Å². The maximum atomic E-state index is 14.3. The molecule has 0 spiro atoms. The van der Waals surface area contributed by atoms with Crippen molar-refractivity contribution in [1.29, 1.82) is 0 Å². The van der Waals surface area contributed by atoms with E-state index in [0.717, 1.165) is 17.7 Å². The summed E-state index contributed by atoms with van der Waals surface area (Å²) in [5, 5.41) is 4.26. The second kappa shape index (κ2) is 8.04. The van der Waals surface area contributed by atoms with E-state index in [0.29, 0.717) is 18.3 Å². The first-order valence-corrected chi connectivity index (χ1v) is 10.6. The van der Waals surface area contributed by atoms with Crippen molar-refractivity contribution in [2.75, 3.05) is 13.7 Å². The van der Waals surface area contributed by atoms with Crippen LogP contribution in [0.4, 0.5) is 4.39 Å². The van der Waals surface area contributed by atoms with E-state index in [1.165, 1.54) is 23.5 Å². The molecule has 0 N–H and O–H groups in total. The van der Waals surface area contributed by atoms with Gasteiger partial charge < -0.3 is 4.74 Å². The lowest BCUT2D eigenvalue weighted by Gasteiger charge is -2.31. The fourth-order valence-corrected chi connectivity index (χ4v) is 4.99. The third kappa shape index (κ3) is 3.84. The first kappa shape index (κ1) is 20.5. The fraction of sp³-hybridized carbons (Fsp3) is 0.444. The Bertz CT molecular complexity index is 993. The molecule has 0 bridgehead atoms. The van der Waals surface area contributed by atoms with Crippen molar-refractivity contribution in [3.63, 3.8) is 0 Å². The number of carbonyl (C=O) groups is 1. The molecule has 0 saturated carbocycles. The Kier molecular flexibility index (Phi) is 5.90. The van der Waals surface area contributed by atoms with E-state index in [1.54, 1.807) is 31.7 Å². The van der Waals surface area contributed by atoms with Gasteiger partial charge in [0, 0.05) is 18.3 Å². The van der Waals surface area contributed by atoms with Gasteiger partial charge in [-0.3, -0.25) is 9.48 Å². The second-order valence-electron chi connectivity index (χ2n) is 6.87. The average Bonchev–Trinajstić information content (AvgIpc) is 3.04. The molecule has 1 aliphatic carbocycles. The van der Waals surface area contributed by atoms with E-state index in [1.807, 2.05) is 0 Å². The molecule has 0 fully saturated rings. The Morgan fingerprint density at radius 3 is 2.89 bits per heavy atom. The van der Waals surface area contributed by atoms with Crippen LogP contribution in [-0.2, 0) is 32.5 Å². The van der Waals surface area contributed by atoms with Crippen molar-refractivity contribution in [1.82, 2.24) is 14.1 Å². The summed E-state index contributed by atoms with van der Waals surface area (Å²) >= 11 is 0. The summed E-state index contributed by atoms with van der Waals surface area (Å²) in [4.78, 5) is 11.4. The first-order chi connectivity index (χ1) is 13.3. The molecule has 0 aliphatic heterocycles. The molecular weight excluding hydrogens is 384 g/mol. The summed E-state index contributed by atoms with van der Waals surface area (Å²) in [5.41, 5.74) is 2.21. The molecule has 0 radical (unpaired) electrons. The quantitative estimate of drug-likeness (QED) is 0.516.